The Hall–Kier alpha value is -3.33. The minimum atomic E-state index is -1.33. The van der Waals surface area contributed by atoms with Crippen molar-refractivity contribution in [3.05, 3.63) is 22.3 Å². The third kappa shape index (κ3) is 4.32. The largest absolute Gasteiger partial charge is 0.477 e. The second kappa shape index (κ2) is 9.27. The topological polar surface area (TPSA) is 188 Å². The van der Waals surface area contributed by atoms with E-state index in [-0.39, 0.29) is 28.9 Å². The van der Waals surface area contributed by atoms with Gasteiger partial charge in [-0.3, -0.25) is 14.5 Å². The van der Waals surface area contributed by atoms with Crippen LogP contribution in [0.1, 0.15) is 18.5 Å². The number of ether oxygens (including phenoxy) is 1. The number of thiazole rings is 1. The number of carbonyl (C=O) groups is 4. The number of nitrogens with zero attached hydrogens (tertiary/aromatic N) is 4. The SMILES string of the molecule is Nc1nc(/C(=N/O)C(=O)NC2C(=O)N3C(C(=O)O)=C(COC(=O)N4CCCC4)CS[C@@H]23)cs1. The highest BCUT2D eigenvalue weighted by Crippen LogP contribution is 2.40. The Balaban J connectivity index is 1.44. The minimum absolute atomic E-state index is 0.0469. The number of amides is 3. The molecule has 13 nitrogen and oxygen atoms in total. The van der Waals surface area contributed by atoms with E-state index in [2.05, 4.69) is 15.5 Å². The Labute approximate surface area is 195 Å². The molecular formula is C18H20N6O7S2. The van der Waals surface area contributed by atoms with Gasteiger partial charge in [0, 0.05) is 29.8 Å². The van der Waals surface area contributed by atoms with Crippen LogP contribution in [0.4, 0.5) is 9.93 Å². The molecule has 2 fully saturated rings. The molecule has 0 radical (unpaired) electrons. The van der Waals surface area contributed by atoms with Crippen LogP contribution in [0.15, 0.2) is 21.8 Å². The first-order valence-electron chi connectivity index (χ1n) is 9.87. The van der Waals surface area contributed by atoms with Crippen molar-refractivity contribution in [2.45, 2.75) is 24.3 Å². The summed E-state index contributed by atoms with van der Waals surface area (Å²) in [5, 5.41) is 25.2. The van der Waals surface area contributed by atoms with Crippen molar-refractivity contribution >= 4 is 57.8 Å². The molecule has 176 valence electrons. The summed E-state index contributed by atoms with van der Waals surface area (Å²) in [4.78, 5) is 55.8. The van der Waals surface area contributed by atoms with Crippen molar-refractivity contribution < 1.29 is 34.2 Å². The molecule has 2 saturated heterocycles. The van der Waals surface area contributed by atoms with Gasteiger partial charge in [0.25, 0.3) is 11.8 Å². The van der Waals surface area contributed by atoms with E-state index in [1.54, 1.807) is 4.90 Å². The number of nitrogens with two attached hydrogens (primary N) is 1. The highest BCUT2D eigenvalue weighted by Gasteiger charge is 2.54. The molecule has 1 aromatic heterocycles. The number of hydrogen-bond donors (Lipinski definition) is 4. The molecule has 33 heavy (non-hydrogen) atoms. The lowest BCUT2D eigenvalue weighted by Crippen LogP contribution is -2.71. The Morgan fingerprint density at radius 1 is 1.33 bits per heavy atom. The highest BCUT2D eigenvalue weighted by atomic mass is 32.2. The summed E-state index contributed by atoms with van der Waals surface area (Å²) in [6.45, 7) is 0.947. The van der Waals surface area contributed by atoms with E-state index < -0.39 is 41.0 Å². The molecule has 0 aromatic carbocycles. The smallest absolute Gasteiger partial charge is 0.410 e. The fourth-order valence-corrected chi connectivity index (χ4v) is 5.63. The molecule has 1 aromatic rings. The molecule has 0 spiro atoms. The minimum Gasteiger partial charge on any atom is -0.477 e. The zero-order valence-corrected chi connectivity index (χ0v) is 18.7. The van der Waals surface area contributed by atoms with Crippen LogP contribution in [-0.2, 0) is 19.1 Å². The highest BCUT2D eigenvalue weighted by molar-refractivity contribution is 8.00. The Bertz CT molecular complexity index is 1060. The van der Waals surface area contributed by atoms with Crippen molar-refractivity contribution in [1.82, 2.24) is 20.1 Å². The van der Waals surface area contributed by atoms with Crippen LogP contribution in [0.5, 0.6) is 0 Å². The number of aromatic nitrogens is 1. The van der Waals surface area contributed by atoms with E-state index in [1.807, 2.05) is 0 Å². The number of oxime groups is 1. The summed E-state index contributed by atoms with van der Waals surface area (Å²) >= 11 is 2.27. The molecular weight excluding hydrogens is 476 g/mol. The van der Waals surface area contributed by atoms with E-state index in [4.69, 9.17) is 10.5 Å². The molecule has 0 saturated carbocycles. The zero-order valence-electron chi connectivity index (χ0n) is 17.1. The van der Waals surface area contributed by atoms with Gasteiger partial charge in [-0.05, 0) is 12.8 Å². The van der Waals surface area contributed by atoms with Crippen molar-refractivity contribution in [1.29, 1.82) is 0 Å². The summed E-state index contributed by atoms with van der Waals surface area (Å²) in [6.07, 6.45) is 1.27. The molecule has 4 heterocycles. The first-order valence-corrected chi connectivity index (χ1v) is 11.8. The fraction of sp³-hybridized carbons (Fsp3) is 0.444. The summed E-state index contributed by atoms with van der Waals surface area (Å²) in [6, 6.07) is -1.03. The maximum Gasteiger partial charge on any atom is 0.410 e. The maximum absolute atomic E-state index is 12.7. The second-order valence-corrected chi connectivity index (χ2v) is 9.38. The number of β-lactam (4-membered cyclic amide) rings is 1. The molecule has 3 aliphatic rings. The molecule has 1 unspecified atom stereocenters. The zero-order chi connectivity index (χ0) is 23.7. The van der Waals surface area contributed by atoms with Crippen molar-refractivity contribution in [3.8, 4) is 0 Å². The van der Waals surface area contributed by atoms with Crippen LogP contribution in [0.3, 0.4) is 0 Å². The van der Waals surface area contributed by atoms with E-state index in [0.717, 1.165) is 29.1 Å². The number of carboxylic acids is 1. The van der Waals surface area contributed by atoms with Crippen LogP contribution in [0.2, 0.25) is 0 Å². The third-order valence-corrected chi connectivity index (χ3v) is 7.36. The van der Waals surface area contributed by atoms with E-state index in [1.165, 1.54) is 17.1 Å². The molecule has 5 N–H and O–H groups in total. The van der Waals surface area contributed by atoms with Crippen LogP contribution < -0.4 is 11.1 Å². The van der Waals surface area contributed by atoms with Crippen molar-refractivity contribution in [3.63, 3.8) is 0 Å². The van der Waals surface area contributed by atoms with E-state index in [9.17, 15) is 29.5 Å². The number of aliphatic carboxylic acids is 1. The Morgan fingerprint density at radius 2 is 2.06 bits per heavy atom. The number of likely N-dealkylation sites (tertiary alicyclic amines) is 1. The third-order valence-electron chi connectivity index (χ3n) is 5.35. The normalized spacial score (nSPS) is 22.7. The number of thioether (sulfide) groups is 1. The lowest BCUT2D eigenvalue weighted by atomic mass is 10.0. The monoisotopic (exact) mass is 496 g/mol. The summed E-state index contributed by atoms with van der Waals surface area (Å²) in [5.74, 6) is -2.63. The Kier molecular flexibility index (Phi) is 6.42. The number of hydrogen-bond acceptors (Lipinski definition) is 11. The standard InChI is InChI=1S/C18H20N6O7S2/c19-17-20-9(7-33-17)10(22-30)13(25)21-11-14(26)24-12(16(27)28)8(6-32-15(11)24)5-31-18(29)23-3-1-2-4-23/h7,11,15,30H,1-6H2,(H2,19,20)(H,21,25)(H,27,28)/b22-10-/t11?,15-/m0/s1. The van der Waals surface area contributed by atoms with Crippen LogP contribution in [-0.4, -0.2) is 91.6 Å². The molecule has 0 aliphatic carbocycles. The molecule has 15 heteroatoms. The quantitative estimate of drug-likeness (QED) is 0.179. The van der Waals surface area contributed by atoms with Gasteiger partial charge in [-0.15, -0.1) is 23.1 Å². The lowest BCUT2D eigenvalue weighted by Gasteiger charge is -2.49. The number of fused-ring (bicyclic) bond motifs is 1. The van der Waals surface area contributed by atoms with Gasteiger partial charge in [0.1, 0.15) is 29.4 Å². The number of rotatable bonds is 6. The van der Waals surface area contributed by atoms with Gasteiger partial charge in [0.2, 0.25) is 0 Å². The van der Waals surface area contributed by atoms with Crippen LogP contribution >= 0.6 is 23.1 Å². The second-order valence-electron chi connectivity index (χ2n) is 7.39. The first-order chi connectivity index (χ1) is 15.8. The number of anilines is 1. The van der Waals surface area contributed by atoms with Gasteiger partial charge < -0.3 is 31.0 Å². The molecule has 2 atom stereocenters. The van der Waals surface area contributed by atoms with Gasteiger partial charge in [-0.25, -0.2) is 14.6 Å². The van der Waals surface area contributed by atoms with Gasteiger partial charge in [-0.1, -0.05) is 5.16 Å². The lowest BCUT2D eigenvalue weighted by molar-refractivity contribution is -0.150. The van der Waals surface area contributed by atoms with Crippen molar-refractivity contribution in [2.24, 2.45) is 5.16 Å². The number of carbonyl (C=O) groups excluding carboxylic acids is 3. The number of nitrogens with one attached hydrogen (secondary N) is 1. The van der Waals surface area contributed by atoms with E-state index >= 15 is 0 Å². The van der Waals surface area contributed by atoms with E-state index in [0.29, 0.717) is 18.7 Å². The van der Waals surface area contributed by atoms with Crippen molar-refractivity contribution in [2.75, 3.05) is 31.2 Å². The molecule has 3 amide bonds. The average Bonchev–Trinajstić information content (AvgIpc) is 3.47. The summed E-state index contributed by atoms with van der Waals surface area (Å²) in [5.41, 5.74) is 5.20. The average molecular weight is 497 g/mol. The Morgan fingerprint density at radius 3 is 2.67 bits per heavy atom. The summed E-state index contributed by atoms with van der Waals surface area (Å²) < 4.78 is 5.26. The maximum atomic E-state index is 12.7. The number of nitrogen functional groups attached to an aromatic ring is 1. The molecule has 4 rings (SSSR count). The van der Waals surface area contributed by atoms with Gasteiger partial charge in [0.15, 0.2) is 10.8 Å². The first kappa shape index (κ1) is 22.8. The fourth-order valence-electron chi connectivity index (χ4n) is 3.75. The summed E-state index contributed by atoms with van der Waals surface area (Å²) in [7, 11) is 0. The number of carboxylic acid groups (broad SMARTS) is 1. The predicted molar refractivity (Wildman–Crippen MR) is 117 cm³/mol. The van der Waals surface area contributed by atoms with Gasteiger partial charge in [-0.2, -0.15) is 0 Å². The molecule has 0 bridgehead atoms. The van der Waals surface area contributed by atoms with Gasteiger partial charge in [0.05, 0.1) is 0 Å². The van der Waals surface area contributed by atoms with Crippen LogP contribution in [0, 0.1) is 0 Å². The predicted octanol–water partition coefficient (Wildman–Crippen LogP) is -0.125. The van der Waals surface area contributed by atoms with Gasteiger partial charge >= 0.3 is 12.1 Å². The molecule has 3 aliphatic heterocycles. The van der Waals surface area contributed by atoms with Crippen LogP contribution in [0.25, 0.3) is 0 Å².